The first-order valence-electron chi connectivity index (χ1n) is 5.10. The first kappa shape index (κ1) is 11.9. The molecule has 0 aliphatic carbocycles. The molecular weight excluding hydrogens is 233 g/mol. The van der Waals surface area contributed by atoms with E-state index in [1.54, 1.807) is 0 Å². The molecule has 2 N–H and O–H groups in total. The van der Waals surface area contributed by atoms with E-state index in [0.717, 1.165) is 12.1 Å². The third-order valence-electron chi connectivity index (χ3n) is 2.63. The smallest absolute Gasteiger partial charge is 0.335 e. The van der Waals surface area contributed by atoms with E-state index in [4.69, 9.17) is 5.73 Å². The molecule has 0 radical (unpaired) electrons. The van der Waals surface area contributed by atoms with Gasteiger partial charge in [-0.15, -0.1) is 0 Å². The minimum absolute atomic E-state index is 0.0479. The van der Waals surface area contributed by atoms with Gasteiger partial charge in [0, 0.05) is 24.7 Å². The van der Waals surface area contributed by atoms with Crippen LogP contribution in [0, 0.1) is 0 Å². The number of nitrogens with two attached hydrogens (primary N) is 1. The monoisotopic (exact) mass is 244 g/mol. The van der Waals surface area contributed by atoms with Gasteiger partial charge in [-0.2, -0.15) is 13.2 Å². The maximum atomic E-state index is 12.4. The molecule has 1 aromatic rings. The molecule has 6 heteroatoms. The van der Waals surface area contributed by atoms with Crippen molar-refractivity contribution in [1.82, 2.24) is 4.90 Å². The average Bonchev–Trinajstić information content (AvgIpc) is 2.23. The highest BCUT2D eigenvalue weighted by molar-refractivity contribution is 5.95. The summed E-state index contributed by atoms with van der Waals surface area (Å²) in [6, 6.07) is 4.35. The summed E-state index contributed by atoms with van der Waals surface area (Å²) in [4.78, 5) is 13.2. The molecule has 0 aromatic heterocycles. The highest BCUT2D eigenvalue weighted by Gasteiger charge is 2.33. The number of halogens is 3. The maximum Gasteiger partial charge on any atom is 0.416 e. The summed E-state index contributed by atoms with van der Waals surface area (Å²) in [6.45, 7) is 0.796. The van der Waals surface area contributed by atoms with Gasteiger partial charge < -0.3 is 10.6 Å². The van der Waals surface area contributed by atoms with Crippen molar-refractivity contribution in [2.75, 3.05) is 13.1 Å². The van der Waals surface area contributed by atoms with E-state index in [1.165, 1.54) is 17.0 Å². The summed E-state index contributed by atoms with van der Waals surface area (Å²) in [7, 11) is 0. The van der Waals surface area contributed by atoms with Crippen LogP contribution in [0.25, 0.3) is 0 Å². The van der Waals surface area contributed by atoms with E-state index < -0.39 is 17.6 Å². The summed E-state index contributed by atoms with van der Waals surface area (Å²) >= 11 is 0. The predicted octanol–water partition coefficient (Wildman–Crippen LogP) is 1.49. The van der Waals surface area contributed by atoms with E-state index in [1.807, 2.05) is 0 Å². The fourth-order valence-electron chi connectivity index (χ4n) is 1.69. The minimum atomic E-state index is -4.43. The summed E-state index contributed by atoms with van der Waals surface area (Å²) < 4.78 is 37.3. The van der Waals surface area contributed by atoms with Crippen molar-refractivity contribution < 1.29 is 18.0 Å². The Morgan fingerprint density at radius 2 is 2.00 bits per heavy atom. The second kappa shape index (κ2) is 4.03. The van der Waals surface area contributed by atoms with Crippen molar-refractivity contribution in [2.24, 2.45) is 5.73 Å². The largest absolute Gasteiger partial charge is 0.416 e. The Labute approximate surface area is 96.0 Å². The number of alkyl halides is 3. The lowest BCUT2D eigenvalue weighted by atomic mass is 10.1. The Hall–Kier alpha value is -1.56. The molecule has 1 amide bonds. The van der Waals surface area contributed by atoms with Crippen LogP contribution in [0.5, 0.6) is 0 Å². The fourth-order valence-corrected chi connectivity index (χ4v) is 1.69. The van der Waals surface area contributed by atoms with Gasteiger partial charge in [-0.3, -0.25) is 4.79 Å². The molecule has 2 rings (SSSR count). The van der Waals surface area contributed by atoms with Crippen molar-refractivity contribution in [3.05, 3.63) is 35.4 Å². The first-order chi connectivity index (χ1) is 7.88. The summed E-state index contributed by atoms with van der Waals surface area (Å²) in [5, 5.41) is 0. The molecular formula is C11H11F3N2O. The summed E-state index contributed by atoms with van der Waals surface area (Å²) in [5.74, 6) is -0.405. The first-order valence-corrected chi connectivity index (χ1v) is 5.10. The number of hydrogen-bond acceptors (Lipinski definition) is 2. The number of likely N-dealkylation sites (tertiary alicyclic amines) is 1. The van der Waals surface area contributed by atoms with Gasteiger partial charge in [0.05, 0.1) is 5.56 Å². The molecule has 0 bridgehead atoms. The zero-order valence-corrected chi connectivity index (χ0v) is 8.87. The molecule has 1 saturated heterocycles. The quantitative estimate of drug-likeness (QED) is 0.813. The van der Waals surface area contributed by atoms with E-state index in [2.05, 4.69) is 0 Å². The van der Waals surface area contributed by atoms with Crippen LogP contribution < -0.4 is 5.73 Å². The number of carbonyl (C=O) groups is 1. The van der Waals surface area contributed by atoms with Crippen LogP contribution in [0.3, 0.4) is 0 Å². The molecule has 0 spiro atoms. The average molecular weight is 244 g/mol. The maximum absolute atomic E-state index is 12.4. The highest BCUT2D eigenvalue weighted by Crippen LogP contribution is 2.29. The van der Waals surface area contributed by atoms with Crippen LogP contribution in [-0.2, 0) is 6.18 Å². The Morgan fingerprint density at radius 3 is 2.53 bits per heavy atom. The number of rotatable bonds is 1. The Balaban J connectivity index is 2.19. The minimum Gasteiger partial charge on any atom is -0.335 e. The third kappa shape index (κ3) is 2.41. The van der Waals surface area contributed by atoms with Crippen LogP contribution in [0.1, 0.15) is 15.9 Å². The molecule has 0 saturated carbocycles. The molecule has 0 unspecified atom stereocenters. The van der Waals surface area contributed by atoms with Crippen LogP contribution in [0.4, 0.5) is 13.2 Å². The van der Waals surface area contributed by atoms with E-state index in [9.17, 15) is 18.0 Å². The lowest BCUT2D eigenvalue weighted by molar-refractivity contribution is -0.137. The van der Waals surface area contributed by atoms with Crippen LogP contribution in [0.15, 0.2) is 24.3 Å². The van der Waals surface area contributed by atoms with Crippen molar-refractivity contribution in [3.8, 4) is 0 Å². The molecule has 1 aliphatic rings. The lowest BCUT2D eigenvalue weighted by Crippen LogP contribution is -2.57. The molecule has 0 atom stereocenters. The molecule has 92 valence electrons. The fraction of sp³-hybridized carbons (Fsp3) is 0.364. The molecule has 17 heavy (non-hydrogen) atoms. The second-order valence-corrected chi connectivity index (χ2v) is 4.05. The van der Waals surface area contributed by atoms with Crippen molar-refractivity contribution >= 4 is 5.91 Å². The van der Waals surface area contributed by atoms with Gasteiger partial charge in [0.15, 0.2) is 0 Å². The normalized spacial score (nSPS) is 16.8. The Morgan fingerprint density at radius 1 is 1.35 bits per heavy atom. The number of carbonyl (C=O) groups excluding carboxylic acids is 1. The van der Waals surface area contributed by atoms with E-state index in [0.29, 0.717) is 13.1 Å². The lowest BCUT2D eigenvalue weighted by Gasteiger charge is -2.36. The van der Waals surface area contributed by atoms with Gasteiger partial charge in [-0.05, 0) is 18.2 Å². The Kier molecular flexibility index (Phi) is 2.82. The second-order valence-electron chi connectivity index (χ2n) is 4.05. The van der Waals surface area contributed by atoms with Crippen LogP contribution in [-0.4, -0.2) is 29.9 Å². The van der Waals surface area contributed by atoms with E-state index >= 15 is 0 Å². The predicted molar refractivity (Wildman–Crippen MR) is 55.3 cm³/mol. The molecule has 1 fully saturated rings. The summed E-state index contributed by atoms with van der Waals surface area (Å²) in [6.07, 6.45) is -4.43. The number of amides is 1. The van der Waals surface area contributed by atoms with Crippen molar-refractivity contribution in [3.63, 3.8) is 0 Å². The molecule has 1 aromatic carbocycles. The topological polar surface area (TPSA) is 46.3 Å². The van der Waals surface area contributed by atoms with Crippen molar-refractivity contribution in [2.45, 2.75) is 12.2 Å². The van der Waals surface area contributed by atoms with Crippen molar-refractivity contribution in [1.29, 1.82) is 0 Å². The van der Waals surface area contributed by atoms with Gasteiger partial charge in [0.1, 0.15) is 0 Å². The molecule has 3 nitrogen and oxygen atoms in total. The highest BCUT2D eigenvalue weighted by atomic mass is 19.4. The van der Waals surface area contributed by atoms with Gasteiger partial charge in [-0.25, -0.2) is 0 Å². The van der Waals surface area contributed by atoms with Crippen LogP contribution in [0.2, 0.25) is 0 Å². The summed E-state index contributed by atoms with van der Waals surface area (Å²) in [5.41, 5.74) is 4.75. The number of hydrogen-bond donors (Lipinski definition) is 1. The zero-order chi connectivity index (χ0) is 12.6. The van der Waals surface area contributed by atoms with E-state index in [-0.39, 0.29) is 11.6 Å². The third-order valence-corrected chi connectivity index (χ3v) is 2.63. The standard InChI is InChI=1S/C11H11F3N2O/c12-11(13,14)8-3-1-2-7(4-8)10(17)16-5-9(15)6-16/h1-4,9H,5-6,15H2. The van der Waals surface area contributed by atoms with Crippen LogP contribution >= 0.6 is 0 Å². The van der Waals surface area contributed by atoms with Gasteiger partial charge in [0.25, 0.3) is 5.91 Å². The number of benzene rings is 1. The van der Waals surface area contributed by atoms with Gasteiger partial charge in [0.2, 0.25) is 0 Å². The molecule has 1 aliphatic heterocycles. The van der Waals surface area contributed by atoms with Gasteiger partial charge >= 0.3 is 6.18 Å². The Bertz CT molecular complexity index is 439. The zero-order valence-electron chi connectivity index (χ0n) is 8.87. The molecule has 1 heterocycles. The van der Waals surface area contributed by atoms with Gasteiger partial charge in [-0.1, -0.05) is 6.07 Å². The number of nitrogens with zero attached hydrogens (tertiary/aromatic N) is 1. The SMILES string of the molecule is NC1CN(C(=O)c2cccc(C(F)(F)F)c2)C1.